The lowest BCUT2D eigenvalue weighted by atomic mass is 10.1. The highest BCUT2D eigenvalue weighted by molar-refractivity contribution is 5.80. The number of hydrogen-bond donors (Lipinski definition) is 0. The molecule has 0 rings (SSSR count). The van der Waals surface area contributed by atoms with Crippen molar-refractivity contribution in [2.75, 3.05) is 26.8 Å². The maximum absolute atomic E-state index is 11.7. The molecule has 0 bridgehead atoms. The maximum atomic E-state index is 11.7. The fourth-order valence-corrected chi connectivity index (χ4v) is 1.99. The van der Waals surface area contributed by atoms with Crippen molar-refractivity contribution < 1.29 is 9.53 Å². The van der Waals surface area contributed by atoms with Crippen LogP contribution in [0.1, 0.15) is 46.5 Å². The van der Waals surface area contributed by atoms with Crippen molar-refractivity contribution in [3.8, 4) is 0 Å². The molecule has 0 aromatic heterocycles. The molecule has 0 radical (unpaired) electrons. The Labute approximate surface area is 100 Å². The molecular formula is C13H27NO2. The van der Waals surface area contributed by atoms with E-state index in [1.54, 1.807) is 7.11 Å². The molecule has 16 heavy (non-hydrogen) atoms. The Hall–Kier alpha value is -0.410. The number of Topliss-reactive ketones (excluding diaryl/α,β-unsaturated/α-hetero) is 1. The van der Waals surface area contributed by atoms with Gasteiger partial charge in [-0.2, -0.15) is 0 Å². The van der Waals surface area contributed by atoms with E-state index >= 15 is 0 Å². The average molecular weight is 229 g/mol. The fourth-order valence-electron chi connectivity index (χ4n) is 1.99. The third kappa shape index (κ3) is 6.23. The smallest absolute Gasteiger partial charge is 0.146 e. The fraction of sp³-hybridized carbons (Fsp3) is 0.923. The molecule has 0 aliphatic rings. The number of ether oxygens (including phenoxy) is 1. The first-order chi connectivity index (χ1) is 7.69. The Balaban J connectivity index is 4.22. The average Bonchev–Trinajstić information content (AvgIpc) is 2.27. The van der Waals surface area contributed by atoms with Gasteiger partial charge in [0, 0.05) is 26.1 Å². The van der Waals surface area contributed by atoms with Crippen LogP contribution in [0.25, 0.3) is 0 Å². The largest absolute Gasteiger partial charge is 0.383 e. The predicted octanol–water partition coefficient (Wildman–Crippen LogP) is 2.49. The summed E-state index contributed by atoms with van der Waals surface area (Å²) in [7, 11) is 1.71. The molecule has 0 saturated carbocycles. The molecule has 0 spiro atoms. The van der Waals surface area contributed by atoms with Crippen molar-refractivity contribution >= 4 is 5.78 Å². The molecule has 0 unspecified atom stereocenters. The van der Waals surface area contributed by atoms with Gasteiger partial charge in [0.05, 0.1) is 13.2 Å². The summed E-state index contributed by atoms with van der Waals surface area (Å²) in [5.41, 5.74) is 0. The Morgan fingerprint density at radius 1 is 1.25 bits per heavy atom. The number of methoxy groups -OCH3 is 1. The highest BCUT2D eigenvalue weighted by Crippen LogP contribution is 2.09. The van der Waals surface area contributed by atoms with E-state index in [1.807, 2.05) is 0 Å². The van der Waals surface area contributed by atoms with Gasteiger partial charge >= 0.3 is 0 Å². The van der Waals surface area contributed by atoms with Crippen molar-refractivity contribution in [2.45, 2.75) is 52.5 Å². The van der Waals surface area contributed by atoms with Gasteiger partial charge in [0.2, 0.25) is 0 Å². The molecule has 3 heteroatoms. The molecule has 0 aliphatic heterocycles. The van der Waals surface area contributed by atoms with Gasteiger partial charge < -0.3 is 4.74 Å². The van der Waals surface area contributed by atoms with E-state index in [1.165, 1.54) is 0 Å². The number of carbonyl (C=O) groups is 1. The maximum Gasteiger partial charge on any atom is 0.146 e. The van der Waals surface area contributed by atoms with Crippen LogP contribution in [0.15, 0.2) is 0 Å². The number of nitrogens with zero attached hydrogens (tertiary/aromatic N) is 1. The summed E-state index contributed by atoms with van der Waals surface area (Å²) in [4.78, 5) is 13.9. The SMILES string of the molecule is CCCC(=O)CN(CCOC)C(CC)CC. The van der Waals surface area contributed by atoms with Gasteiger partial charge in [-0.15, -0.1) is 0 Å². The molecule has 0 amide bonds. The first-order valence-electron chi connectivity index (χ1n) is 6.44. The normalized spacial score (nSPS) is 11.4. The predicted molar refractivity (Wildman–Crippen MR) is 67.7 cm³/mol. The molecule has 0 aliphatic carbocycles. The Kier molecular flexibility index (Phi) is 9.54. The van der Waals surface area contributed by atoms with Crippen molar-refractivity contribution in [1.82, 2.24) is 4.90 Å². The van der Waals surface area contributed by atoms with Gasteiger partial charge in [-0.05, 0) is 19.3 Å². The van der Waals surface area contributed by atoms with E-state index in [0.717, 1.165) is 25.8 Å². The summed E-state index contributed by atoms with van der Waals surface area (Å²) in [5.74, 6) is 0.352. The van der Waals surface area contributed by atoms with Gasteiger partial charge in [-0.1, -0.05) is 20.8 Å². The first kappa shape index (κ1) is 15.6. The Morgan fingerprint density at radius 3 is 2.31 bits per heavy atom. The zero-order chi connectivity index (χ0) is 12.4. The summed E-state index contributed by atoms with van der Waals surface area (Å²) in [6.07, 6.45) is 3.84. The Morgan fingerprint density at radius 2 is 1.88 bits per heavy atom. The third-order valence-electron chi connectivity index (χ3n) is 2.95. The number of ketones is 1. The van der Waals surface area contributed by atoms with E-state index < -0.39 is 0 Å². The first-order valence-corrected chi connectivity index (χ1v) is 6.44. The van der Waals surface area contributed by atoms with Crippen LogP contribution in [0.3, 0.4) is 0 Å². The minimum Gasteiger partial charge on any atom is -0.383 e. The molecular weight excluding hydrogens is 202 g/mol. The van der Waals surface area contributed by atoms with Crippen LogP contribution in [-0.2, 0) is 9.53 Å². The zero-order valence-corrected chi connectivity index (χ0v) is 11.3. The van der Waals surface area contributed by atoms with Gasteiger partial charge in [0.15, 0.2) is 0 Å². The lowest BCUT2D eigenvalue weighted by molar-refractivity contribution is -0.121. The van der Waals surface area contributed by atoms with Crippen LogP contribution in [0, 0.1) is 0 Å². The summed E-state index contributed by atoms with van der Waals surface area (Å²) < 4.78 is 5.10. The van der Waals surface area contributed by atoms with Crippen molar-refractivity contribution in [2.24, 2.45) is 0 Å². The molecule has 0 aromatic rings. The van der Waals surface area contributed by atoms with Crippen molar-refractivity contribution in [1.29, 1.82) is 0 Å². The minimum atomic E-state index is 0.352. The van der Waals surface area contributed by atoms with Crippen LogP contribution in [0.2, 0.25) is 0 Å². The van der Waals surface area contributed by atoms with Gasteiger partial charge in [-0.25, -0.2) is 0 Å². The molecule has 0 heterocycles. The minimum absolute atomic E-state index is 0.352. The van der Waals surface area contributed by atoms with Gasteiger partial charge in [0.1, 0.15) is 5.78 Å². The van der Waals surface area contributed by atoms with E-state index in [4.69, 9.17) is 4.74 Å². The molecule has 0 atom stereocenters. The standard InChI is InChI=1S/C13H27NO2/c1-5-8-13(15)11-14(9-10-16-4)12(6-2)7-3/h12H,5-11H2,1-4H3. The number of hydrogen-bond acceptors (Lipinski definition) is 3. The lowest BCUT2D eigenvalue weighted by Crippen LogP contribution is -2.40. The summed E-state index contributed by atoms with van der Waals surface area (Å²) >= 11 is 0. The molecule has 0 saturated heterocycles. The summed E-state index contributed by atoms with van der Waals surface area (Å²) in [6.45, 7) is 8.56. The zero-order valence-electron chi connectivity index (χ0n) is 11.3. The summed E-state index contributed by atoms with van der Waals surface area (Å²) in [5, 5.41) is 0. The summed E-state index contributed by atoms with van der Waals surface area (Å²) in [6, 6.07) is 0.510. The monoisotopic (exact) mass is 229 g/mol. The van der Waals surface area contributed by atoms with Crippen molar-refractivity contribution in [3.63, 3.8) is 0 Å². The van der Waals surface area contributed by atoms with Crippen molar-refractivity contribution in [3.05, 3.63) is 0 Å². The van der Waals surface area contributed by atoms with E-state index in [-0.39, 0.29) is 0 Å². The topological polar surface area (TPSA) is 29.5 Å². The van der Waals surface area contributed by atoms with Crippen LogP contribution in [0.5, 0.6) is 0 Å². The molecule has 0 fully saturated rings. The van der Waals surface area contributed by atoms with Gasteiger partial charge in [0.25, 0.3) is 0 Å². The second-order valence-electron chi connectivity index (χ2n) is 4.22. The van der Waals surface area contributed by atoms with Crippen LogP contribution in [-0.4, -0.2) is 43.5 Å². The van der Waals surface area contributed by atoms with E-state index in [0.29, 0.717) is 31.4 Å². The quantitative estimate of drug-likeness (QED) is 0.576. The van der Waals surface area contributed by atoms with Crippen LogP contribution < -0.4 is 0 Å². The van der Waals surface area contributed by atoms with E-state index in [9.17, 15) is 4.79 Å². The molecule has 3 nitrogen and oxygen atoms in total. The van der Waals surface area contributed by atoms with Crippen LogP contribution in [0.4, 0.5) is 0 Å². The van der Waals surface area contributed by atoms with E-state index in [2.05, 4.69) is 25.7 Å². The second-order valence-corrected chi connectivity index (χ2v) is 4.22. The molecule has 0 N–H and O–H groups in total. The van der Waals surface area contributed by atoms with Gasteiger partial charge in [-0.3, -0.25) is 9.69 Å². The molecule has 0 aromatic carbocycles. The highest BCUT2D eigenvalue weighted by atomic mass is 16.5. The molecule has 96 valence electrons. The second kappa shape index (κ2) is 9.79. The van der Waals surface area contributed by atoms with Crippen LogP contribution >= 0.6 is 0 Å². The lowest BCUT2D eigenvalue weighted by Gasteiger charge is -2.29. The highest BCUT2D eigenvalue weighted by Gasteiger charge is 2.17. The number of carbonyl (C=O) groups excluding carboxylic acids is 1. The Bertz CT molecular complexity index is 179. The number of rotatable bonds is 10. The third-order valence-corrected chi connectivity index (χ3v) is 2.95.